The van der Waals surface area contributed by atoms with E-state index >= 15 is 0 Å². The topological polar surface area (TPSA) is 46.9 Å². The van der Waals surface area contributed by atoms with Crippen LogP contribution in [0.3, 0.4) is 0 Å². The van der Waals surface area contributed by atoms with Gasteiger partial charge in [0.05, 0.1) is 5.69 Å². The fourth-order valence-corrected chi connectivity index (χ4v) is 2.88. The Hall–Kier alpha value is -2.88. The van der Waals surface area contributed by atoms with Gasteiger partial charge in [0.15, 0.2) is 0 Å². The van der Waals surface area contributed by atoms with Crippen LogP contribution >= 0.6 is 0 Å². The Labute approximate surface area is 148 Å². The van der Waals surface area contributed by atoms with Gasteiger partial charge >= 0.3 is 0 Å². The molecule has 0 amide bonds. The van der Waals surface area contributed by atoms with Gasteiger partial charge in [0.25, 0.3) is 5.56 Å². The monoisotopic (exact) mass is 333 g/mol. The first-order valence-corrected chi connectivity index (χ1v) is 8.51. The first-order chi connectivity index (χ1) is 12.1. The molecule has 0 fully saturated rings. The van der Waals surface area contributed by atoms with E-state index in [-0.39, 0.29) is 5.56 Å². The standard InChI is InChI=1S/C21H23N3O/c1-15(2)17-11-7-8-12-18(17)21-19(13-20(25)24(3)23-21)22-14-16-9-5-4-6-10-16/h4-13,15,22H,14H2,1-3H3. The van der Waals surface area contributed by atoms with Crippen molar-refractivity contribution >= 4 is 5.69 Å². The van der Waals surface area contributed by atoms with Crippen molar-refractivity contribution in [3.63, 3.8) is 0 Å². The first-order valence-electron chi connectivity index (χ1n) is 8.51. The number of rotatable bonds is 5. The molecule has 128 valence electrons. The fourth-order valence-electron chi connectivity index (χ4n) is 2.88. The normalized spacial score (nSPS) is 10.9. The zero-order chi connectivity index (χ0) is 17.8. The molecule has 0 aliphatic carbocycles. The molecule has 0 aliphatic heterocycles. The van der Waals surface area contributed by atoms with Crippen LogP contribution in [-0.4, -0.2) is 9.78 Å². The number of aryl methyl sites for hydroxylation is 1. The van der Waals surface area contributed by atoms with E-state index in [1.54, 1.807) is 13.1 Å². The number of nitrogens with zero attached hydrogens (tertiary/aromatic N) is 2. The van der Waals surface area contributed by atoms with Crippen molar-refractivity contribution in [2.24, 2.45) is 7.05 Å². The summed E-state index contributed by atoms with van der Waals surface area (Å²) < 4.78 is 1.39. The second kappa shape index (κ2) is 7.34. The molecule has 0 radical (unpaired) electrons. The van der Waals surface area contributed by atoms with E-state index in [2.05, 4.69) is 48.5 Å². The number of hydrogen-bond acceptors (Lipinski definition) is 3. The van der Waals surface area contributed by atoms with Gasteiger partial charge < -0.3 is 5.32 Å². The van der Waals surface area contributed by atoms with Crippen molar-refractivity contribution < 1.29 is 0 Å². The Balaban J connectivity index is 2.04. The van der Waals surface area contributed by atoms with Crippen LogP contribution in [0.5, 0.6) is 0 Å². The van der Waals surface area contributed by atoms with Gasteiger partial charge in [-0.1, -0.05) is 68.4 Å². The fraction of sp³-hybridized carbons (Fsp3) is 0.238. The summed E-state index contributed by atoms with van der Waals surface area (Å²) in [6.45, 7) is 4.97. The number of aromatic nitrogens is 2. The molecular formula is C21H23N3O. The molecule has 25 heavy (non-hydrogen) atoms. The average Bonchev–Trinajstić information content (AvgIpc) is 2.63. The minimum absolute atomic E-state index is 0.124. The smallest absolute Gasteiger partial charge is 0.268 e. The summed E-state index contributed by atoms with van der Waals surface area (Å²) in [5.41, 5.74) is 4.88. The van der Waals surface area contributed by atoms with E-state index in [0.29, 0.717) is 12.5 Å². The van der Waals surface area contributed by atoms with Gasteiger partial charge in [-0.15, -0.1) is 0 Å². The van der Waals surface area contributed by atoms with E-state index in [1.807, 2.05) is 30.3 Å². The van der Waals surface area contributed by atoms with Crippen LogP contribution < -0.4 is 10.9 Å². The zero-order valence-electron chi connectivity index (χ0n) is 14.9. The van der Waals surface area contributed by atoms with Gasteiger partial charge in [-0.3, -0.25) is 4.79 Å². The minimum Gasteiger partial charge on any atom is -0.379 e. The van der Waals surface area contributed by atoms with Gasteiger partial charge in [-0.2, -0.15) is 5.10 Å². The molecule has 4 nitrogen and oxygen atoms in total. The predicted octanol–water partition coefficient (Wildman–Crippen LogP) is 4.18. The lowest BCUT2D eigenvalue weighted by molar-refractivity contribution is 0.711. The minimum atomic E-state index is -0.124. The van der Waals surface area contributed by atoms with Crippen LogP contribution in [0.25, 0.3) is 11.3 Å². The lowest BCUT2D eigenvalue weighted by Gasteiger charge is -2.16. The number of nitrogens with one attached hydrogen (secondary N) is 1. The molecular weight excluding hydrogens is 310 g/mol. The Morgan fingerprint density at radius 3 is 2.44 bits per heavy atom. The van der Waals surface area contributed by atoms with Crippen LogP contribution in [0.15, 0.2) is 65.5 Å². The van der Waals surface area contributed by atoms with E-state index < -0.39 is 0 Å². The van der Waals surface area contributed by atoms with E-state index in [0.717, 1.165) is 22.5 Å². The van der Waals surface area contributed by atoms with Crippen molar-refractivity contribution in [3.8, 4) is 11.3 Å². The highest BCUT2D eigenvalue weighted by atomic mass is 16.1. The summed E-state index contributed by atoms with van der Waals surface area (Å²) in [6.07, 6.45) is 0. The van der Waals surface area contributed by atoms with E-state index in [1.165, 1.54) is 10.2 Å². The van der Waals surface area contributed by atoms with Gasteiger partial charge in [0, 0.05) is 25.2 Å². The second-order valence-electron chi connectivity index (χ2n) is 6.45. The number of benzene rings is 2. The van der Waals surface area contributed by atoms with Crippen LogP contribution in [-0.2, 0) is 13.6 Å². The highest BCUT2D eigenvalue weighted by Gasteiger charge is 2.15. The summed E-state index contributed by atoms with van der Waals surface area (Å²) in [6, 6.07) is 20.0. The Morgan fingerprint density at radius 2 is 1.72 bits per heavy atom. The second-order valence-corrected chi connectivity index (χ2v) is 6.45. The maximum atomic E-state index is 12.1. The third-order valence-electron chi connectivity index (χ3n) is 4.26. The van der Waals surface area contributed by atoms with Crippen molar-refractivity contribution in [3.05, 3.63) is 82.1 Å². The van der Waals surface area contributed by atoms with Crippen molar-refractivity contribution in [1.29, 1.82) is 0 Å². The average molecular weight is 333 g/mol. The molecule has 0 aliphatic rings. The molecule has 3 aromatic rings. The molecule has 0 saturated heterocycles. The quantitative estimate of drug-likeness (QED) is 0.762. The third kappa shape index (κ3) is 3.79. The lowest BCUT2D eigenvalue weighted by atomic mass is 9.94. The van der Waals surface area contributed by atoms with Gasteiger partial charge in [-0.05, 0) is 17.0 Å². The maximum Gasteiger partial charge on any atom is 0.268 e. The van der Waals surface area contributed by atoms with Gasteiger partial charge in [0.2, 0.25) is 0 Å². The predicted molar refractivity (Wildman–Crippen MR) is 103 cm³/mol. The van der Waals surface area contributed by atoms with Crippen LogP contribution in [0.4, 0.5) is 5.69 Å². The van der Waals surface area contributed by atoms with Crippen molar-refractivity contribution in [2.75, 3.05) is 5.32 Å². The molecule has 1 aromatic heterocycles. The van der Waals surface area contributed by atoms with Crippen LogP contribution in [0.1, 0.15) is 30.9 Å². The largest absolute Gasteiger partial charge is 0.379 e. The Kier molecular flexibility index (Phi) is 4.98. The van der Waals surface area contributed by atoms with Crippen LogP contribution in [0, 0.1) is 0 Å². The van der Waals surface area contributed by atoms with E-state index in [4.69, 9.17) is 0 Å². The van der Waals surface area contributed by atoms with E-state index in [9.17, 15) is 4.79 Å². The Morgan fingerprint density at radius 1 is 1.04 bits per heavy atom. The third-order valence-corrected chi connectivity index (χ3v) is 4.26. The molecule has 0 unspecified atom stereocenters. The van der Waals surface area contributed by atoms with Gasteiger partial charge in [0.1, 0.15) is 5.69 Å². The van der Waals surface area contributed by atoms with Crippen molar-refractivity contribution in [2.45, 2.75) is 26.3 Å². The molecule has 1 N–H and O–H groups in total. The van der Waals surface area contributed by atoms with Crippen molar-refractivity contribution in [1.82, 2.24) is 9.78 Å². The van der Waals surface area contributed by atoms with Gasteiger partial charge in [-0.25, -0.2) is 4.68 Å². The number of anilines is 1. The summed E-state index contributed by atoms with van der Waals surface area (Å²) in [4.78, 5) is 12.1. The molecule has 3 rings (SSSR count). The molecule has 4 heteroatoms. The SMILES string of the molecule is CC(C)c1ccccc1-c1nn(C)c(=O)cc1NCc1ccccc1. The highest BCUT2D eigenvalue weighted by Crippen LogP contribution is 2.31. The molecule has 0 bridgehead atoms. The Bertz CT molecular complexity index is 914. The maximum absolute atomic E-state index is 12.1. The lowest BCUT2D eigenvalue weighted by Crippen LogP contribution is -2.21. The summed E-state index contributed by atoms with van der Waals surface area (Å²) in [7, 11) is 1.69. The summed E-state index contributed by atoms with van der Waals surface area (Å²) in [5.74, 6) is 0.372. The zero-order valence-corrected chi connectivity index (χ0v) is 14.9. The molecule has 0 atom stereocenters. The van der Waals surface area contributed by atoms with Crippen LogP contribution in [0.2, 0.25) is 0 Å². The summed E-state index contributed by atoms with van der Waals surface area (Å²) >= 11 is 0. The molecule has 0 spiro atoms. The summed E-state index contributed by atoms with van der Waals surface area (Å²) in [5, 5.41) is 7.93. The molecule has 2 aromatic carbocycles. The first kappa shape index (κ1) is 17.0. The highest BCUT2D eigenvalue weighted by molar-refractivity contribution is 5.76. The number of hydrogen-bond donors (Lipinski definition) is 1. The molecule has 1 heterocycles. The molecule has 0 saturated carbocycles.